The average molecular weight is 239 g/mol. The van der Waals surface area contributed by atoms with Gasteiger partial charge in [-0.05, 0) is 12.1 Å². The molecule has 0 aliphatic carbocycles. The SMILES string of the molecule is O=C(Nc1ccc(F)c([N+](=O)[O-])c1)C1CNC1. The lowest BCUT2D eigenvalue weighted by Crippen LogP contribution is -2.48. The van der Waals surface area contributed by atoms with E-state index in [-0.39, 0.29) is 17.5 Å². The molecule has 0 spiro atoms. The first-order chi connectivity index (χ1) is 8.08. The molecule has 0 aromatic heterocycles. The van der Waals surface area contributed by atoms with E-state index in [0.717, 1.165) is 12.1 Å². The number of carbonyl (C=O) groups is 1. The zero-order valence-electron chi connectivity index (χ0n) is 8.77. The van der Waals surface area contributed by atoms with E-state index in [9.17, 15) is 19.3 Å². The van der Waals surface area contributed by atoms with Gasteiger partial charge in [0.2, 0.25) is 11.7 Å². The number of benzene rings is 1. The van der Waals surface area contributed by atoms with Crippen LogP contribution in [-0.4, -0.2) is 23.9 Å². The van der Waals surface area contributed by atoms with Crippen molar-refractivity contribution >= 4 is 17.3 Å². The fraction of sp³-hybridized carbons (Fsp3) is 0.300. The number of nitro groups is 1. The number of anilines is 1. The highest BCUT2D eigenvalue weighted by atomic mass is 19.1. The van der Waals surface area contributed by atoms with Crippen LogP contribution in [0.2, 0.25) is 0 Å². The van der Waals surface area contributed by atoms with Gasteiger partial charge in [-0.2, -0.15) is 4.39 Å². The van der Waals surface area contributed by atoms with Gasteiger partial charge in [-0.15, -0.1) is 0 Å². The standard InChI is InChI=1S/C10H10FN3O3/c11-8-2-1-7(3-9(8)14(16)17)13-10(15)6-4-12-5-6/h1-3,6,12H,4-5H2,(H,13,15). The Kier molecular flexibility index (Phi) is 3.01. The zero-order chi connectivity index (χ0) is 12.4. The van der Waals surface area contributed by atoms with Crippen molar-refractivity contribution in [3.63, 3.8) is 0 Å². The zero-order valence-corrected chi connectivity index (χ0v) is 8.77. The summed E-state index contributed by atoms with van der Waals surface area (Å²) in [7, 11) is 0. The number of carbonyl (C=O) groups excluding carboxylic acids is 1. The molecule has 1 heterocycles. The third-order valence-electron chi connectivity index (χ3n) is 2.56. The lowest BCUT2D eigenvalue weighted by molar-refractivity contribution is -0.387. The van der Waals surface area contributed by atoms with Gasteiger partial charge in [0.15, 0.2) is 0 Å². The van der Waals surface area contributed by atoms with Crippen molar-refractivity contribution in [3.05, 3.63) is 34.1 Å². The Labute approximate surface area is 96.0 Å². The Morgan fingerprint density at radius 2 is 2.24 bits per heavy atom. The summed E-state index contributed by atoms with van der Waals surface area (Å²) in [6.45, 7) is 1.18. The molecule has 1 saturated heterocycles. The molecule has 2 rings (SSSR count). The molecule has 6 nitrogen and oxygen atoms in total. The van der Waals surface area contributed by atoms with E-state index in [1.165, 1.54) is 6.07 Å². The Hall–Kier alpha value is -2.02. The van der Waals surface area contributed by atoms with Gasteiger partial charge >= 0.3 is 5.69 Å². The van der Waals surface area contributed by atoms with Crippen LogP contribution in [0.25, 0.3) is 0 Å². The summed E-state index contributed by atoms with van der Waals surface area (Å²) in [6.07, 6.45) is 0. The molecule has 0 atom stereocenters. The van der Waals surface area contributed by atoms with E-state index < -0.39 is 16.4 Å². The average Bonchev–Trinajstić information content (AvgIpc) is 2.17. The lowest BCUT2D eigenvalue weighted by Gasteiger charge is -2.25. The highest BCUT2D eigenvalue weighted by molar-refractivity contribution is 5.93. The van der Waals surface area contributed by atoms with E-state index in [0.29, 0.717) is 13.1 Å². The Balaban J connectivity index is 2.13. The summed E-state index contributed by atoms with van der Waals surface area (Å²) in [6, 6.07) is 3.28. The second kappa shape index (κ2) is 4.46. The van der Waals surface area contributed by atoms with Gasteiger partial charge in [-0.3, -0.25) is 14.9 Å². The van der Waals surface area contributed by atoms with Crippen LogP contribution in [0, 0.1) is 21.8 Å². The van der Waals surface area contributed by atoms with Crippen LogP contribution in [0.3, 0.4) is 0 Å². The molecule has 90 valence electrons. The smallest absolute Gasteiger partial charge is 0.306 e. The molecule has 1 aliphatic heterocycles. The predicted octanol–water partition coefficient (Wildman–Crippen LogP) is 0.892. The van der Waals surface area contributed by atoms with Crippen molar-refractivity contribution in [1.29, 1.82) is 0 Å². The second-order valence-electron chi connectivity index (χ2n) is 3.77. The maximum Gasteiger partial charge on any atom is 0.306 e. The van der Waals surface area contributed by atoms with E-state index in [4.69, 9.17) is 0 Å². The molecule has 1 fully saturated rings. The summed E-state index contributed by atoms with van der Waals surface area (Å²) in [5.74, 6) is -1.26. The monoisotopic (exact) mass is 239 g/mol. The summed E-state index contributed by atoms with van der Waals surface area (Å²) in [4.78, 5) is 21.2. The minimum absolute atomic E-state index is 0.126. The van der Waals surface area contributed by atoms with Crippen LogP contribution >= 0.6 is 0 Å². The van der Waals surface area contributed by atoms with Gasteiger partial charge in [0, 0.05) is 24.8 Å². The number of rotatable bonds is 3. The number of halogens is 1. The fourth-order valence-corrected chi connectivity index (χ4v) is 1.45. The third-order valence-corrected chi connectivity index (χ3v) is 2.56. The highest BCUT2D eigenvalue weighted by Crippen LogP contribution is 2.22. The first-order valence-electron chi connectivity index (χ1n) is 5.03. The Morgan fingerprint density at radius 3 is 2.76 bits per heavy atom. The predicted molar refractivity (Wildman–Crippen MR) is 58.0 cm³/mol. The first-order valence-corrected chi connectivity index (χ1v) is 5.03. The van der Waals surface area contributed by atoms with Gasteiger partial charge in [-0.25, -0.2) is 0 Å². The molecular formula is C10H10FN3O3. The van der Waals surface area contributed by atoms with E-state index in [1.807, 2.05) is 0 Å². The van der Waals surface area contributed by atoms with E-state index in [2.05, 4.69) is 10.6 Å². The number of nitrogens with zero attached hydrogens (tertiary/aromatic N) is 1. The molecule has 1 aliphatic rings. The minimum atomic E-state index is -0.918. The van der Waals surface area contributed by atoms with E-state index in [1.54, 1.807) is 0 Å². The topological polar surface area (TPSA) is 84.3 Å². The maximum absolute atomic E-state index is 13.0. The van der Waals surface area contributed by atoms with Gasteiger partial charge in [-0.1, -0.05) is 0 Å². The fourth-order valence-electron chi connectivity index (χ4n) is 1.45. The maximum atomic E-state index is 13.0. The summed E-state index contributed by atoms with van der Waals surface area (Å²) < 4.78 is 13.0. The van der Waals surface area contributed by atoms with Crippen LogP contribution in [0.5, 0.6) is 0 Å². The summed E-state index contributed by atoms with van der Waals surface area (Å²) in [5, 5.41) is 16.0. The minimum Gasteiger partial charge on any atom is -0.326 e. The molecule has 7 heteroatoms. The molecule has 0 radical (unpaired) electrons. The summed E-state index contributed by atoms with van der Waals surface area (Å²) >= 11 is 0. The van der Waals surface area contributed by atoms with Crippen molar-refractivity contribution in [2.75, 3.05) is 18.4 Å². The number of nitrogens with one attached hydrogen (secondary N) is 2. The molecule has 0 unspecified atom stereocenters. The molecule has 1 amide bonds. The van der Waals surface area contributed by atoms with Crippen molar-refractivity contribution in [3.8, 4) is 0 Å². The quantitative estimate of drug-likeness (QED) is 0.606. The summed E-state index contributed by atoms with van der Waals surface area (Å²) in [5.41, 5.74) is -0.412. The first kappa shape index (κ1) is 11.5. The number of amides is 1. The molecular weight excluding hydrogens is 229 g/mol. The normalized spacial score (nSPS) is 15.1. The van der Waals surface area contributed by atoms with Gasteiger partial charge in [0.25, 0.3) is 0 Å². The van der Waals surface area contributed by atoms with Crippen molar-refractivity contribution < 1.29 is 14.1 Å². The number of nitro benzene ring substituents is 1. The van der Waals surface area contributed by atoms with Crippen LogP contribution in [-0.2, 0) is 4.79 Å². The molecule has 1 aromatic rings. The van der Waals surface area contributed by atoms with Crippen LogP contribution < -0.4 is 10.6 Å². The number of hydrogen-bond donors (Lipinski definition) is 2. The van der Waals surface area contributed by atoms with Crippen LogP contribution in [0.1, 0.15) is 0 Å². The van der Waals surface area contributed by atoms with Crippen molar-refractivity contribution in [2.45, 2.75) is 0 Å². The van der Waals surface area contributed by atoms with Crippen molar-refractivity contribution in [1.82, 2.24) is 5.32 Å². The second-order valence-corrected chi connectivity index (χ2v) is 3.77. The molecule has 0 saturated carbocycles. The van der Waals surface area contributed by atoms with Crippen LogP contribution in [0.15, 0.2) is 18.2 Å². The molecule has 2 N–H and O–H groups in total. The Morgan fingerprint density at radius 1 is 1.53 bits per heavy atom. The third kappa shape index (κ3) is 2.39. The van der Waals surface area contributed by atoms with Gasteiger partial charge < -0.3 is 10.6 Å². The largest absolute Gasteiger partial charge is 0.326 e. The molecule has 17 heavy (non-hydrogen) atoms. The molecule has 0 bridgehead atoms. The van der Waals surface area contributed by atoms with Crippen molar-refractivity contribution in [2.24, 2.45) is 5.92 Å². The van der Waals surface area contributed by atoms with Crippen LogP contribution in [0.4, 0.5) is 15.8 Å². The molecule has 1 aromatic carbocycles. The Bertz CT molecular complexity index is 474. The van der Waals surface area contributed by atoms with Gasteiger partial charge in [0.1, 0.15) is 0 Å². The van der Waals surface area contributed by atoms with E-state index >= 15 is 0 Å². The highest BCUT2D eigenvalue weighted by Gasteiger charge is 2.25. The number of hydrogen-bond acceptors (Lipinski definition) is 4. The van der Waals surface area contributed by atoms with Gasteiger partial charge in [0.05, 0.1) is 10.8 Å². The lowest BCUT2D eigenvalue weighted by atomic mass is 10.0.